The molecule has 1 aromatic heterocycles. The van der Waals surface area contributed by atoms with E-state index in [1.165, 1.54) is 11.8 Å². The van der Waals surface area contributed by atoms with Gasteiger partial charge in [0.1, 0.15) is 11.4 Å². The Morgan fingerprint density at radius 1 is 1.25 bits per heavy atom. The average Bonchev–Trinajstić information content (AvgIpc) is 3.00. The van der Waals surface area contributed by atoms with Crippen LogP contribution < -0.4 is 4.74 Å². The second-order valence-electron chi connectivity index (χ2n) is 5.82. The fourth-order valence-corrected chi connectivity index (χ4v) is 3.35. The number of ether oxygens (including phenoxy) is 1. The number of hydrogen-bond donors (Lipinski definition) is 0. The van der Waals surface area contributed by atoms with Crippen LogP contribution in [0.2, 0.25) is 0 Å². The smallest absolute Gasteiger partial charge is 0.233 e. The van der Waals surface area contributed by atoms with E-state index in [4.69, 9.17) is 4.74 Å². The Labute approximate surface area is 146 Å². The van der Waals surface area contributed by atoms with E-state index in [2.05, 4.69) is 15.5 Å². The van der Waals surface area contributed by atoms with E-state index in [-0.39, 0.29) is 23.7 Å². The highest BCUT2D eigenvalue weighted by Crippen LogP contribution is 2.25. The third-order valence-electron chi connectivity index (χ3n) is 3.48. The third-order valence-corrected chi connectivity index (χ3v) is 4.38. The first-order valence-corrected chi connectivity index (χ1v) is 8.80. The molecule has 0 aliphatic heterocycles. The lowest BCUT2D eigenvalue weighted by Gasteiger charge is -2.30. The molecule has 1 aromatic carbocycles. The lowest BCUT2D eigenvalue weighted by molar-refractivity contribution is -0.131. The van der Waals surface area contributed by atoms with Gasteiger partial charge in [0.2, 0.25) is 11.1 Å². The molecule has 1 heterocycles. The Morgan fingerprint density at radius 3 is 2.54 bits per heavy atom. The van der Waals surface area contributed by atoms with Crippen LogP contribution in [0.3, 0.4) is 0 Å². The molecule has 0 aliphatic rings. The van der Waals surface area contributed by atoms with Gasteiger partial charge in [0.25, 0.3) is 0 Å². The molecule has 0 spiro atoms. The van der Waals surface area contributed by atoms with Crippen LogP contribution in [0.5, 0.6) is 5.75 Å². The summed E-state index contributed by atoms with van der Waals surface area (Å²) in [5.41, 5.74) is 0.740. The largest absolute Gasteiger partial charge is 0.494 e. The minimum atomic E-state index is 0.0691. The van der Waals surface area contributed by atoms with E-state index in [0.29, 0.717) is 10.9 Å². The minimum Gasteiger partial charge on any atom is -0.494 e. The van der Waals surface area contributed by atoms with E-state index in [1.54, 1.807) is 11.8 Å². The van der Waals surface area contributed by atoms with Gasteiger partial charge in [-0.05, 0) is 50.3 Å². The molecule has 0 bridgehead atoms. The van der Waals surface area contributed by atoms with E-state index in [9.17, 15) is 4.79 Å². The lowest BCUT2D eigenvalue weighted by Crippen LogP contribution is -2.43. The van der Waals surface area contributed by atoms with Crippen molar-refractivity contribution in [2.24, 2.45) is 0 Å². The Balaban J connectivity index is 2.16. The van der Waals surface area contributed by atoms with Gasteiger partial charge in [0.05, 0.1) is 12.9 Å². The molecule has 0 atom stereocenters. The highest BCUT2D eigenvalue weighted by atomic mass is 32.2. The summed E-state index contributed by atoms with van der Waals surface area (Å²) >= 11 is 1.32. The van der Waals surface area contributed by atoms with Crippen LogP contribution in [0.15, 0.2) is 29.4 Å². The van der Waals surface area contributed by atoms with Crippen molar-refractivity contribution in [2.75, 3.05) is 12.9 Å². The number of hydrogen-bond acceptors (Lipinski definition) is 6. The number of tetrazole rings is 1. The van der Waals surface area contributed by atoms with E-state index in [1.807, 2.05) is 56.9 Å². The van der Waals surface area contributed by atoms with Crippen molar-refractivity contribution in [1.82, 2.24) is 25.1 Å². The Bertz CT molecular complexity index is 679. The molecule has 0 radical (unpaired) electrons. The van der Waals surface area contributed by atoms with Gasteiger partial charge in [-0.15, -0.1) is 5.10 Å². The number of rotatable bonds is 7. The standard InChI is InChI=1S/C16H23N5O2S/c1-11(2)20(12(3)4)15(22)10-24-16-17-18-19-21(16)13-8-6-7-9-14(13)23-5/h6-9,11-12H,10H2,1-5H3. The number of thioether (sulfide) groups is 1. The first-order chi connectivity index (χ1) is 11.5. The summed E-state index contributed by atoms with van der Waals surface area (Å²) in [6, 6.07) is 7.79. The van der Waals surface area contributed by atoms with Crippen LogP contribution in [-0.4, -0.2) is 56.0 Å². The van der Waals surface area contributed by atoms with Crippen LogP contribution in [-0.2, 0) is 4.79 Å². The summed E-state index contributed by atoms with van der Waals surface area (Å²) in [7, 11) is 1.60. The van der Waals surface area contributed by atoms with Crippen LogP contribution in [0.25, 0.3) is 5.69 Å². The maximum Gasteiger partial charge on any atom is 0.233 e. The van der Waals surface area contributed by atoms with Gasteiger partial charge in [0.15, 0.2) is 0 Å². The molecule has 24 heavy (non-hydrogen) atoms. The number of para-hydroxylation sites is 2. The topological polar surface area (TPSA) is 73.1 Å². The molecule has 1 amide bonds. The predicted molar refractivity (Wildman–Crippen MR) is 93.5 cm³/mol. The zero-order chi connectivity index (χ0) is 17.7. The lowest BCUT2D eigenvalue weighted by atomic mass is 10.2. The molecule has 8 heteroatoms. The molecule has 2 aromatic rings. The van der Waals surface area contributed by atoms with E-state index >= 15 is 0 Å². The van der Waals surface area contributed by atoms with Crippen molar-refractivity contribution in [1.29, 1.82) is 0 Å². The number of amides is 1. The summed E-state index contributed by atoms with van der Waals surface area (Å²) in [6.07, 6.45) is 0. The molecule has 0 saturated carbocycles. The summed E-state index contributed by atoms with van der Waals surface area (Å²) < 4.78 is 6.94. The van der Waals surface area contributed by atoms with E-state index in [0.717, 1.165) is 5.69 Å². The normalized spacial score (nSPS) is 11.1. The molecular formula is C16H23N5O2S. The van der Waals surface area contributed by atoms with Crippen molar-refractivity contribution < 1.29 is 9.53 Å². The van der Waals surface area contributed by atoms with Crippen molar-refractivity contribution in [3.8, 4) is 11.4 Å². The number of methoxy groups -OCH3 is 1. The number of nitrogens with zero attached hydrogens (tertiary/aromatic N) is 5. The zero-order valence-corrected chi connectivity index (χ0v) is 15.4. The number of carbonyl (C=O) groups excluding carboxylic acids is 1. The SMILES string of the molecule is COc1ccccc1-n1nnnc1SCC(=O)N(C(C)C)C(C)C. The van der Waals surface area contributed by atoms with Crippen LogP contribution >= 0.6 is 11.8 Å². The van der Waals surface area contributed by atoms with Crippen LogP contribution in [0.1, 0.15) is 27.7 Å². The molecule has 7 nitrogen and oxygen atoms in total. The molecule has 130 valence electrons. The van der Waals surface area contributed by atoms with Gasteiger partial charge in [-0.25, -0.2) is 0 Å². The maximum atomic E-state index is 12.5. The summed E-state index contributed by atoms with van der Waals surface area (Å²) in [4.78, 5) is 14.4. The summed E-state index contributed by atoms with van der Waals surface area (Å²) in [6.45, 7) is 8.06. The molecular weight excluding hydrogens is 326 g/mol. The van der Waals surface area contributed by atoms with Gasteiger partial charge < -0.3 is 9.64 Å². The number of aromatic nitrogens is 4. The zero-order valence-electron chi connectivity index (χ0n) is 14.6. The first-order valence-electron chi connectivity index (χ1n) is 7.81. The van der Waals surface area contributed by atoms with Crippen LogP contribution in [0.4, 0.5) is 0 Å². The molecule has 0 unspecified atom stereocenters. The Kier molecular flexibility index (Phi) is 6.19. The molecule has 2 rings (SSSR count). The fraction of sp³-hybridized carbons (Fsp3) is 0.500. The summed E-state index contributed by atoms with van der Waals surface area (Å²) in [5.74, 6) is 1.02. The van der Waals surface area contributed by atoms with Gasteiger partial charge in [-0.2, -0.15) is 4.68 Å². The second-order valence-corrected chi connectivity index (χ2v) is 6.76. The average molecular weight is 349 g/mol. The maximum absolute atomic E-state index is 12.5. The first kappa shape index (κ1) is 18.3. The fourth-order valence-electron chi connectivity index (χ4n) is 2.60. The van der Waals surface area contributed by atoms with Crippen molar-refractivity contribution >= 4 is 17.7 Å². The molecule has 0 fully saturated rings. The van der Waals surface area contributed by atoms with Gasteiger partial charge in [0, 0.05) is 12.1 Å². The minimum absolute atomic E-state index is 0.0691. The number of carbonyl (C=O) groups is 1. The second kappa shape index (κ2) is 8.14. The third kappa shape index (κ3) is 4.05. The van der Waals surface area contributed by atoms with Crippen molar-refractivity contribution in [3.63, 3.8) is 0 Å². The van der Waals surface area contributed by atoms with Gasteiger partial charge in [-0.3, -0.25) is 4.79 Å². The molecule has 0 aliphatic carbocycles. The Hall–Kier alpha value is -2.09. The van der Waals surface area contributed by atoms with Gasteiger partial charge in [-0.1, -0.05) is 23.9 Å². The Morgan fingerprint density at radius 2 is 1.92 bits per heavy atom. The molecule has 0 N–H and O–H groups in total. The van der Waals surface area contributed by atoms with E-state index < -0.39 is 0 Å². The number of benzene rings is 1. The highest BCUT2D eigenvalue weighted by molar-refractivity contribution is 7.99. The highest BCUT2D eigenvalue weighted by Gasteiger charge is 2.21. The van der Waals surface area contributed by atoms with Crippen molar-refractivity contribution in [3.05, 3.63) is 24.3 Å². The van der Waals surface area contributed by atoms with Crippen molar-refractivity contribution in [2.45, 2.75) is 44.9 Å². The predicted octanol–water partition coefficient (Wildman–Crippen LogP) is 2.41. The molecule has 0 saturated heterocycles. The van der Waals surface area contributed by atoms with Gasteiger partial charge >= 0.3 is 0 Å². The quantitative estimate of drug-likeness (QED) is 0.715. The monoisotopic (exact) mass is 349 g/mol. The van der Waals surface area contributed by atoms with Crippen LogP contribution in [0, 0.1) is 0 Å². The summed E-state index contributed by atoms with van der Waals surface area (Å²) in [5, 5.41) is 12.3.